The molecular formula is C37H35NO5S2. The molecule has 3 atom stereocenters. The third-order valence-corrected chi connectivity index (χ3v) is 10.3. The molecular weight excluding hydrogens is 603 g/mol. The van der Waals surface area contributed by atoms with Crippen molar-refractivity contribution in [1.82, 2.24) is 4.72 Å². The first-order valence-corrected chi connectivity index (χ1v) is 17.4. The maximum absolute atomic E-state index is 12.7. The zero-order chi connectivity index (χ0) is 31.1. The maximum atomic E-state index is 12.7. The van der Waals surface area contributed by atoms with Crippen molar-refractivity contribution in [3.05, 3.63) is 156 Å². The van der Waals surface area contributed by atoms with E-state index in [0.29, 0.717) is 0 Å². The van der Waals surface area contributed by atoms with Crippen LogP contribution in [0.2, 0.25) is 0 Å². The number of hydrogen-bond donors (Lipinski definition) is 2. The summed E-state index contributed by atoms with van der Waals surface area (Å²) < 4.78 is 41.3. The lowest BCUT2D eigenvalue weighted by Crippen LogP contribution is -2.31. The Morgan fingerprint density at radius 3 is 2.13 bits per heavy atom. The molecule has 0 amide bonds. The largest absolute Gasteiger partial charge is 0.392 e. The molecule has 5 aromatic rings. The normalized spacial score (nSPS) is 18.5. The molecule has 0 radical (unpaired) electrons. The topological polar surface area (TPSA) is 84.9 Å². The molecule has 0 bridgehead atoms. The fraction of sp³-hybridized carbons (Fsp3) is 0.189. The molecule has 6 nitrogen and oxygen atoms in total. The fourth-order valence-corrected chi connectivity index (χ4v) is 7.30. The van der Waals surface area contributed by atoms with E-state index in [-0.39, 0.29) is 30.3 Å². The van der Waals surface area contributed by atoms with E-state index in [4.69, 9.17) is 9.47 Å². The van der Waals surface area contributed by atoms with Crippen LogP contribution in [0.1, 0.15) is 41.1 Å². The van der Waals surface area contributed by atoms with Crippen LogP contribution in [0.25, 0.3) is 11.1 Å². The van der Waals surface area contributed by atoms with Crippen molar-refractivity contribution in [1.29, 1.82) is 0 Å². The van der Waals surface area contributed by atoms with Gasteiger partial charge in [-0.3, -0.25) is 0 Å². The van der Waals surface area contributed by atoms with Crippen molar-refractivity contribution >= 4 is 21.8 Å². The molecule has 6 rings (SSSR count). The molecule has 0 unspecified atom stereocenters. The van der Waals surface area contributed by atoms with E-state index >= 15 is 0 Å². The highest BCUT2D eigenvalue weighted by atomic mass is 32.2. The van der Waals surface area contributed by atoms with Gasteiger partial charge in [0.1, 0.15) is 0 Å². The fourth-order valence-electron chi connectivity index (χ4n) is 5.32. The molecule has 1 saturated heterocycles. The van der Waals surface area contributed by atoms with Crippen molar-refractivity contribution in [2.45, 2.75) is 47.9 Å². The number of aliphatic hydroxyl groups excluding tert-OH is 1. The van der Waals surface area contributed by atoms with Crippen molar-refractivity contribution in [3.8, 4) is 11.1 Å². The Kier molecular flexibility index (Phi) is 10.1. The van der Waals surface area contributed by atoms with E-state index in [1.165, 1.54) is 4.90 Å². The molecule has 0 spiro atoms. The van der Waals surface area contributed by atoms with Gasteiger partial charge in [0.2, 0.25) is 10.0 Å². The molecule has 5 aromatic carbocycles. The van der Waals surface area contributed by atoms with Gasteiger partial charge in [0.25, 0.3) is 0 Å². The van der Waals surface area contributed by atoms with E-state index in [1.54, 1.807) is 42.1 Å². The van der Waals surface area contributed by atoms with Gasteiger partial charge in [-0.25, -0.2) is 13.1 Å². The highest BCUT2D eigenvalue weighted by molar-refractivity contribution is 7.99. The number of rotatable bonds is 11. The van der Waals surface area contributed by atoms with Crippen molar-refractivity contribution in [2.24, 2.45) is 0 Å². The average Bonchev–Trinajstić information content (AvgIpc) is 3.11. The Balaban J connectivity index is 1.21. The SMILES string of the molecule is O=S(=O)(NCc1cccc(-c2cccc([C@H]3O[C@@H](CSc4ccccc4)C[C@@H](c4ccc(CO)cc4)O3)c2)c1)c1ccccc1. The minimum Gasteiger partial charge on any atom is -0.392 e. The number of benzene rings is 5. The lowest BCUT2D eigenvalue weighted by molar-refractivity contribution is -0.245. The second-order valence-electron chi connectivity index (χ2n) is 10.9. The van der Waals surface area contributed by atoms with Crippen LogP contribution in [-0.2, 0) is 32.6 Å². The summed E-state index contributed by atoms with van der Waals surface area (Å²) in [5.41, 5.74) is 5.63. The smallest absolute Gasteiger partial charge is 0.240 e. The number of sulfonamides is 1. The number of ether oxygens (including phenoxy) is 2. The van der Waals surface area contributed by atoms with Crippen LogP contribution in [0.4, 0.5) is 0 Å². The number of aliphatic hydroxyl groups is 1. The van der Waals surface area contributed by atoms with E-state index in [9.17, 15) is 13.5 Å². The van der Waals surface area contributed by atoms with Gasteiger partial charge < -0.3 is 14.6 Å². The Bertz CT molecular complexity index is 1800. The molecule has 2 N–H and O–H groups in total. The van der Waals surface area contributed by atoms with Gasteiger partial charge in [-0.15, -0.1) is 11.8 Å². The van der Waals surface area contributed by atoms with Crippen LogP contribution in [0, 0.1) is 0 Å². The van der Waals surface area contributed by atoms with Crippen LogP contribution in [0.15, 0.2) is 143 Å². The predicted molar refractivity (Wildman–Crippen MR) is 178 cm³/mol. The summed E-state index contributed by atoms with van der Waals surface area (Å²) in [5.74, 6) is 0.787. The Labute approximate surface area is 269 Å². The summed E-state index contributed by atoms with van der Waals surface area (Å²) in [6.07, 6.45) is -0.0536. The third-order valence-electron chi connectivity index (χ3n) is 7.73. The molecule has 0 aliphatic carbocycles. The first-order valence-electron chi connectivity index (χ1n) is 14.9. The second kappa shape index (κ2) is 14.6. The van der Waals surface area contributed by atoms with Gasteiger partial charge in [0, 0.05) is 29.2 Å². The van der Waals surface area contributed by atoms with E-state index < -0.39 is 16.3 Å². The van der Waals surface area contributed by atoms with Crippen LogP contribution < -0.4 is 4.72 Å². The predicted octanol–water partition coefficient (Wildman–Crippen LogP) is 7.66. The minimum absolute atomic E-state index is 0.000768. The monoisotopic (exact) mass is 637 g/mol. The zero-order valence-corrected chi connectivity index (χ0v) is 26.3. The van der Waals surface area contributed by atoms with Gasteiger partial charge in [-0.2, -0.15) is 0 Å². The summed E-state index contributed by atoms with van der Waals surface area (Å²) in [4.78, 5) is 1.44. The standard InChI is InChI=1S/C37H35NO5S2/c39-25-27-17-19-29(20-18-27)36-23-33(26-44-34-13-3-1-4-14-34)42-37(43-36)32-12-8-11-31(22-32)30-10-7-9-28(21-30)24-38-45(40,41)35-15-5-2-6-16-35/h1-22,33,36-39H,23-26H2/t33-,36+,37+/m1/s1. The first kappa shape index (κ1) is 31.2. The third kappa shape index (κ3) is 8.10. The molecule has 45 heavy (non-hydrogen) atoms. The van der Waals surface area contributed by atoms with Gasteiger partial charge in [0.15, 0.2) is 6.29 Å². The molecule has 0 saturated carbocycles. The molecule has 0 aromatic heterocycles. The molecule has 230 valence electrons. The van der Waals surface area contributed by atoms with E-state index in [0.717, 1.165) is 45.6 Å². The summed E-state index contributed by atoms with van der Waals surface area (Å²) in [7, 11) is -3.61. The first-order chi connectivity index (χ1) is 22.0. The van der Waals surface area contributed by atoms with Gasteiger partial charge >= 0.3 is 0 Å². The lowest BCUT2D eigenvalue weighted by Gasteiger charge is -2.36. The highest BCUT2D eigenvalue weighted by Gasteiger charge is 2.32. The van der Waals surface area contributed by atoms with Crippen molar-refractivity contribution in [2.75, 3.05) is 5.75 Å². The van der Waals surface area contributed by atoms with Crippen LogP contribution in [0.3, 0.4) is 0 Å². The average molecular weight is 638 g/mol. The van der Waals surface area contributed by atoms with Gasteiger partial charge in [-0.05, 0) is 64.2 Å². The van der Waals surface area contributed by atoms with Crippen LogP contribution in [-0.4, -0.2) is 25.4 Å². The Hall–Kier alpha value is -3.76. The summed E-state index contributed by atoms with van der Waals surface area (Å²) in [6, 6.07) is 42.6. The quantitative estimate of drug-likeness (QED) is 0.145. The molecule has 1 fully saturated rings. The molecule has 1 aliphatic rings. The Morgan fingerprint density at radius 1 is 0.711 bits per heavy atom. The summed E-state index contributed by atoms with van der Waals surface area (Å²) in [5, 5.41) is 9.52. The number of thioether (sulfide) groups is 1. The van der Waals surface area contributed by atoms with Gasteiger partial charge in [0.05, 0.1) is 23.7 Å². The molecule has 1 heterocycles. The number of nitrogens with one attached hydrogen (secondary N) is 1. The molecule has 1 aliphatic heterocycles. The zero-order valence-electron chi connectivity index (χ0n) is 24.7. The van der Waals surface area contributed by atoms with Crippen LogP contribution in [0.5, 0.6) is 0 Å². The lowest BCUT2D eigenvalue weighted by atomic mass is 9.99. The Morgan fingerprint density at radius 2 is 1.40 bits per heavy atom. The summed E-state index contributed by atoms with van der Waals surface area (Å²) >= 11 is 1.77. The molecule has 8 heteroatoms. The van der Waals surface area contributed by atoms with Gasteiger partial charge in [-0.1, -0.05) is 97.1 Å². The second-order valence-corrected chi connectivity index (χ2v) is 13.8. The van der Waals surface area contributed by atoms with E-state index in [1.807, 2.05) is 84.9 Å². The van der Waals surface area contributed by atoms with Crippen LogP contribution >= 0.6 is 11.8 Å². The van der Waals surface area contributed by atoms with Crippen molar-refractivity contribution < 1.29 is 23.0 Å². The highest BCUT2D eigenvalue weighted by Crippen LogP contribution is 2.40. The number of hydrogen-bond acceptors (Lipinski definition) is 6. The van der Waals surface area contributed by atoms with E-state index in [2.05, 4.69) is 22.9 Å². The maximum Gasteiger partial charge on any atom is 0.240 e. The van der Waals surface area contributed by atoms with Crippen molar-refractivity contribution in [3.63, 3.8) is 0 Å². The minimum atomic E-state index is -3.61. The summed E-state index contributed by atoms with van der Waals surface area (Å²) in [6.45, 7) is 0.178.